The van der Waals surface area contributed by atoms with Crippen LogP contribution >= 0.6 is 34.9 Å². The van der Waals surface area contributed by atoms with Gasteiger partial charge in [0.15, 0.2) is 10.9 Å². The fourth-order valence-electron chi connectivity index (χ4n) is 4.54. The van der Waals surface area contributed by atoms with Crippen LogP contribution < -0.4 is 5.32 Å². The first-order valence-electron chi connectivity index (χ1n) is 11.6. The van der Waals surface area contributed by atoms with Gasteiger partial charge in [-0.1, -0.05) is 37.4 Å². The van der Waals surface area contributed by atoms with Crippen LogP contribution in [-0.4, -0.2) is 38.7 Å². The van der Waals surface area contributed by atoms with Crippen molar-refractivity contribution in [1.29, 1.82) is 0 Å². The molecule has 180 valence electrons. The Kier molecular flexibility index (Phi) is 6.83. The highest BCUT2D eigenvalue weighted by molar-refractivity contribution is 8.00. The Hall–Kier alpha value is -2.49. The number of hydrogen-bond donors (Lipinski definition) is 1. The lowest BCUT2D eigenvalue weighted by Crippen LogP contribution is -2.14. The van der Waals surface area contributed by atoms with E-state index in [9.17, 15) is 9.59 Å². The molecule has 1 N–H and O–H groups in total. The van der Waals surface area contributed by atoms with Crippen LogP contribution in [0.15, 0.2) is 34.4 Å². The normalized spacial score (nSPS) is 13.1. The van der Waals surface area contributed by atoms with Gasteiger partial charge in [0.05, 0.1) is 16.0 Å². The van der Waals surface area contributed by atoms with Crippen molar-refractivity contribution in [2.75, 3.05) is 17.3 Å². The molecule has 4 aromatic rings. The lowest BCUT2D eigenvalue weighted by atomic mass is 9.99. The minimum atomic E-state index is -0.120. The van der Waals surface area contributed by atoms with Gasteiger partial charge in [0.25, 0.3) is 0 Å². The highest BCUT2D eigenvalue weighted by Crippen LogP contribution is 2.43. The molecule has 0 aliphatic heterocycles. The van der Waals surface area contributed by atoms with Gasteiger partial charge in [0.1, 0.15) is 9.86 Å². The number of fused-ring (bicyclic) bond motifs is 5. The van der Waals surface area contributed by atoms with Crippen LogP contribution in [0.25, 0.3) is 20.4 Å². The molecule has 0 spiro atoms. The Labute approximate surface area is 216 Å². The summed E-state index contributed by atoms with van der Waals surface area (Å²) in [6, 6.07) is 6.94. The maximum Gasteiger partial charge on any atom is 0.234 e. The van der Waals surface area contributed by atoms with Crippen LogP contribution in [0.3, 0.4) is 0 Å². The van der Waals surface area contributed by atoms with Gasteiger partial charge in [-0.25, -0.2) is 15.0 Å². The number of nitrogens with zero attached hydrogens (tertiary/aromatic N) is 3. The molecule has 1 amide bonds. The number of thiophene rings is 1. The third-order valence-corrected chi connectivity index (χ3v) is 8.89. The lowest BCUT2D eigenvalue weighted by molar-refractivity contribution is -0.113. The molecule has 0 saturated carbocycles. The molecule has 35 heavy (non-hydrogen) atoms. The molecule has 0 bridgehead atoms. The Bertz CT molecular complexity index is 1460. The zero-order valence-electron chi connectivity index (χ0n) is 20.1. The average Bonchev–Trinajstić information content (AvgIpc) is 3.46. The van der Waals surface area contributed by atoms with Crippen molar-refractivity contribution in [1.82, 2.24) is 15.0 Å². The highest BCUT2D eigenvalue weighted by Gasteiger charge is 2.26. The van der Waals surface area contributed by atoms with Gasteiger partial charge < -0.3 is 5.32 Å². The fourth-order valence-corrected chi connectivity index (χ4v) is 7.02. The first kappa shape index (κ1) is 24.2. The number of benzene rings is 1. The Morgan fingerprint density at radius 2 is 1.83 bits per heavy atom. The van der Waals surface area contributed by atoms with Gasteiger partial charge in [-0.3, -0.25) is 9.59 Å². The molecule has 0 atom stereocenters. The molecule has 6 nitrogen and oxygen atoms in total. The van der Waals surface area contributed by atoms with Crippen LogP contribution in [0.2, 0.25) is 0 Å². The Morgan fingerprint density at radius 1 is 1.09 bits per heavy atom. The number of nitrogens with one attached hydrogen (secondary N) is 1. The van der Waals surface area contributed by atoms with Crippen LogP contribution in [0, 0.1) is 0 Å². The maximum absolute atomic E-state index is 12.7. The van der Waals surface area contributed by atoms with Crippen LogP contribution in [0.4, 0.5) is 5.69 Å². The van der Waals surface area contributed by atoms with Crippen LogP contribution in [0.5, 0.6) is 0 Å². The van der Waals surface area contributed by atoms with Crippen molar-refractivity contribution in [3.05, 3.63) is 46.6 Å². The molecule has 0 fully saturated rings. The molecule has 1 aliphatic carbocycles. The van der Waals surface area contributed by atoms with Gasteiger partial charge in [-0.05, 0) is 73.8 Å². The fraction of sp³-hybridized carbons (Fsp3) is 0.346. The summed E-state index contributed by atoms with van der Waals surface area (Å²) in [6.45, 7) is 5.94. The van der Waals surface area contributed by atoms with E-state index in [2.05, 4.69) is 19.2 Å². The number of carbonyl (C=O) groups is 2. The summed E-state index contributed by atoms with van der Waals surface area (Å²) in [7, 11) is 0. The molecule has 0 radical (unpaired) electrons. The van der Waals surface area contributed by atoms with E-state index in [1.807, 2.05) is 6.26 Å². The van der Waals surface area contributed by atoms with Gasteiger partial charge in [0, 0.05) is 22.3 Å². The topological polar surface area (TPSA) is 84.8 Å². The van der Waals surface area contributed by atoms with Crippen molar-refractivity contribution in [3.63, 3.8) is 0 Å². The number of rotatable bonds is 7. The number of carbonyl (C=O) groups excluding carboxylic acids is 2. The highest BCUT2D eigenvalue weighted by atomic mass is 32.2. The van der Waals surface area contributed by atoms with E-state index < -0.39 is 0 Å². The maximum atomic E-state index is 12.7. The minimum absolute atomic E-state index is 0.000193. The molecule has 5 rings (SSSR count). The lowest BCUT2D eigenvalue weighted by Gasteiger charge is -2.12. The summed E-state index contributed by atoms with van der Waals surface area (Å²) in [4.78, 5) is 39.9. The first-order valence-corrected chi connectivity index (χ1v) is 14.6. The van der Waals surface area contributed by atoms with E-state index in [-0.39, 0.29) is 17.4 Å². The number of anilines is 1. The predicted octanol–water partition coefficient (Wildman–Crippen LogP) is 6.51. The van der Waals surface area contributed by atoms with Gasteiger partial charge in [0.2, 0.25) is 5.91 Å². The number of pyridine rings is 1. The number of thioether (sulfide) groups is 2. The van der Waals surface area contributed by atoms with Gasteiger partial charge >= 0.3 is 0 Å². The van der Waals surface area contributed by atoms with Crippen molar-refractivity contribution in [2.45, 2.75) is 56.1 Å². The molecule has 3 heterocycles. The summed E-state index contributed by atoms with van der Waals surface area (Å²) in [5.74, 6) is 0.488. The number of amides is 1. The van der Waals surface area contributed by atoms with E-state index in [0.29, 0.717) is 22.3 Å². The van der Waals surface area contributed by atoms with E-state index >= 15 is 0 Å². The molecule has 1 aliphatic rings. The standard InChI is InChI=1S/C26H26N4O2S3/c1-13(2)21-18-7-5-6-17(18)20-22-23(35-24(20)28-21)25(30-26(29-22)33-4)34-12-19(32)27-16-10-8-15(9-11-16)14(3)31/h8-11,13H,5-7,12H2,1-4H3,(H,27,32). The molecule has 3 aromatic heterocycles. The van der Waals surface area contributed by atoms with Crippen LogP contribution in [-0.2, 0) is 17.6 Å². The van der Waals surface area contributed by atoms with Crippen molar-refractivity contribution < 1.29 is 9.59 Å². The van der Waals surface area contributed by atoms with E-state index in [1.165, 1.54) is 52.7 Å². The number of aromatic nitrogens is 3. The number of aryl methyl sites for hydroxylation is 1. The predicted molar refractivity (Wildman–Crippen MR) is 146 cm³/mol. The van der Waals surface area contributed by atoms with E-state index in [0.717, 1.165) is 39.3 Å². The van der Waals surface area contributed by atoms with E-state index in [4.69, 9.17) is 15.0 Å². The number of Topliss-reactive ketones (excluding diaryl/α,β-unsaturated/α-hetero) is 1. The quantitative estimate of drug-likeness (QED) is 0.128. The molecule has 9 heteroatoms. The van der Waals surface area contributed by atoms with Gasteiger partial charge in [-0.2, -0.15) is 0 Å². The third-order valence-electron chi connectivity index (χ3n) is 6.16. The van der Waals surface area contributed by atoms with Crippen molar-refractivity contribution >= 4 is 72.7 Å². The molecule has 1 aromatic carbocycles. The second kappa shape index (κ2) is 9.87. The molecular formula is C26H26N4O2S3. The summed E-state index contributed by atoms with van der Waals surface area (Å²) in [5, 5.41) is 5.61. The van der Waals surface area contributed by atoms with E-state index in [1.54, 1.807) is 35.6 Å². The van der Waals surface area contributed by atoms with Crippen molar-refractivity contribution in [2.24, 2.45) is 0 Å². The Balaban J connectivity index is 1.47. The minimum Gasteiger partial charge on any atom is -0.325 e. The number of ketones is 1. The third kappa shape index (κ3) is 4.69. The summed E-state index contributed by atoms with van der Waals surface area (Å²) >= 11 is 4.57. The second-order valence-electron chi connectivity index (χ2n) is 8.91. The Morgan fingerprint density at radius 3 is 2.51 bits per heavy atom. The monoisotopic (exact) mass is 522 g/mol. The second-order valence-corrected chi connectivity index (χ2v) is 11.6. The summed E-state index contributed by atoms with van der Waals surface area (Å²) in [5.41, 5.74) is 6.27. The average molecular weight is 523 g/mol. The first-order chi connectivity index (χ1) is 16.9. The smallest absolute Gasteiger partial charge is 0.234 e. The molecule has 0 unspecified atom stereocenters. The molecular weight excluding hydrogens is 497 g/mol. The zero-order valence-corrected chi connectivity index (χ0v) is 22.5. The van der Waals surface area contributed by atoms with Crippen molar-refractivity contribution in [3.8, 4) is 0 Å². The SMILES string of the molecule is CSc1nc(SCC(=O)Nc2ccc(C(C)=O)cc2)c2sc3nc(C(C)C)c4c(c3c2n1)CCC4. The summed E-state index contributed by atoms with van der Waals surface area (Å²) in [6.07, 6.45) is 5.27. The molecule has 0 saturated heterocycles. The number of hydrogen-bond acceptors (Lipinski definition) is 8. The largest absolute Gasteiger partial charge is 0.325 e. The van der Waals surface area contributed by atoms with Crippen LogP contribution in [0.1, 0.15) is 60.3 Å². The summed E-state index contributed by atoms with van der Waals surface area (Å²) < 4.78 is 1.00. The zero-order chi connectivity index (χ0) is 24.7. The van der Waals surface area contributed by atoms with Gasteiger partial charge in [-0.15, -0.1) is 11.3 Å².